The van der Waals surface area contributed by atoms with Gasteiger partial charge in [-0.05, 0) is 41.4 Å². The molecule has 1 aromatic heterocycles. The number of hydrogen-bond donors (Lipinski definition) is 3. The van der Waals surface area contributed by atoms with Gasteiger partial charge in [0.05, 0.1) is 23.0 Å². The summed E-state index contributed by atoms with van der Waals surface area (Å²) in [6, 6.07) is 3.69. The smallest absolute Gasteiger partial charge is 0.287 e. The van der Waals surface area contributed by atoms with Crippen molar-refractivity contribution >= 4 is 28.8 Å². The minimum absolute atomic E-state index is 0.0225. The molecule has 0 saturated carbocycles. The van der Waals surface area contributed by atoms with Gasteiger partial charge in [0.15, 0.2) is 5.84 Å². The summed E-state index contributed by atoms with van der Waals surface area (Å²) in [4.78, 5) is 26.5. The largest absolute Gasteiger partial charge is 0.474 e. The van der Waals surface area contributed by atoms with E-state index in [1.807, 2.05) is 5.48 Å². The van der Waals surface area contributed by atoms with Crippen molar-refractivity contribution < 1.29 is 19.0 Å². The van der Waals surface area contributed by atoms with E-state index < -0.39 is 16.7 Å². The number of amidine groups is 1. The van der Waals surface area contributed by atoms with Crippen LogP contribution in [0.3, 0.4) is 0 Å². The Morgan fingerprint density at radius 3 is 2.82 bits per heavy atom. The van der Waals surface area contributed by atoms with Gasteiger partial charge in [-0.3, -0.25) is 20.3 Å². The number of nitrogen functional groups attached to an aromatic ring is 1. The zero-order chi connectivity index (χ0) is 20.3. The average Bonchev–Trinajstić information content (AvgIpc) is 3.16. The van der Waals surface area contributed by atoms with Gasteiger partial charge in [-0.2, -0.15) is 0 Å². The number of rotatable bonds is 7. The molecule has 0 aliphatic heterocycles. The molecular formula is C16H13ClFN5O5. The first-order valence-corrected chi connectivity index (χ1v) is 8.27. The lowest BCUT2D eigenvalue weighted by Crippen LogP contribution is -2.38. The van der Waals surface area contributed by atoms with Gasteiger partial charge in [-0.1, -0.05) is 11.6 Å². The Balaban J connectivity index is 1.67. The summed E-state index contributed by atoms with van der Waals surface area (Å²) in [7, 11) is 0. The van der Waals surface area contributed by atoms with Crippen LogP contribution in [0.5, 0.6) is 5.88 Å². The molecule has 12 heteroatoms. The number of hydroxylamine groups is 1. The number of aromatic nitrogens is 2. The van der Waals surface area contributed by atoms with Crippen molar-refractivity contribution in [3.05, 3.63) is 60.7 Å². The van der Waals surface area contributed by atoms with Gasteiger partial charge in [-0.25, -0.2) is 14.0 Å². The Morgan fingerprint density at radius 2 is 2.14 bits per heavy atom. The SMILES string of the molecule is Nc1c(CCCOc2nonc2C(=Nc2ccc(F)c(Cl)c2)NO)c(=O)c1=O. The first-order chi connectivity index (χ1) is 13.4. The van der Waals surface area contributed by atoms with Gasteiger partial charge in [0.25, 0.3) is 5.88 Å². The molecule has 0 amide bonds. The number of hydrogen-bond acceptors (Lipinski definition) is 9. The fraction of sp³-hybridized carbons (Fsp3) is 0.188. The molecule has 3 aromatic rings. The summed E-state index contributed by atoms with van der Waals surface area (Å²) in [5, 5.41) is 16.4. The second-order valence-corrected chi connectivity index (χ2v) is 6.00. The highest BCUT2D eigenvalue weighted by Crippen LogP contribution is 2.23. The fourth-order valence-corrected chi connectivity index (χ4v) is 2.53. The van der Waals surface area contributed by atoms with Crippen molar-refractivity contribution in [2.24, 2.45) is 4.99 Å². The number of nitrogens with one attached hydrogen (secondary N) is 1. The molecule has 0 aliphatic carbocycles. The Labute approximate surface area is 161 Å². The molecule has 0 bridgehead atoms. The normalized spacial score (nSPS) is 11.8. The van der Waals surface area contributed by atoms with Crippen molar-refractivity contribution in [1.29, 1.82) is 0 Å². The van der Waals surface area contributed by atoms with Crippen LogP contribution in [-0.4, -0.2) is 28.0 Å². The second kappa shape index (κ2) is 8.15. The van der Waals surface area contributed by atoms with Crippen LogP contribution in [-0.2, 0) is 6.42 Å². The van der Waals surface area contributed by atoms with Crippen LogP contribution in [0, 0.1) is 5.82 Å². The summed E-state index contributed by atoms with van der Waals surface area (Å²) in [6.45, 7) is 0.0978. The van der Waals surface area contributed by atoms with Gasteiger partial charge in [0.1, 0.15) is 5.82 Å². The fourth-order valence-electron chi connectivity index (χ4n) is 2.36. The van der Waals surface area contributed by atoms with E-state index in [9.17, 15) is 19.2 Å². The van der Waals surface area contributed by atoms with Crippen LogP contribution in [0.25, 0.3) is 0 Å². The van der Waals surface area contributed by atoms with Crippen LogP contribution in [0.15, 0.2) is 37.4 Å². The predicted octanol–water partition coefficient (Wildman–Crippen LogP) is 1.11. The number of halogens is 2. The lowest BCUT2D eigenvalue weighted by atomic mass is 10.0. The maximum absolute atomic E-state index is 13.2. The molecule has 4 N–H and O–H groups in total. The van der Waals surface area contributed by atoms with E-state index in [1.54, 1.807) is 0 Å². The van der Waals surface area contributed by atoms with Gasteiger partial charge in [0, 0.05) is 5.56 Å². The van der Waals surface area contributed by atoms with Crippen molar-refractivity contribution in [3.63, 3.8) is 0 Å². The van der Waals surface area contributed by atoms with Gasteiger partial charge in [-0.15, -0.1) is 0 Å². The number of aliphatic imine (C=N–C) groups is 1. The van der Waals surface area contributed by atoms with E-state index in [0.29, 0.717) is 6.42 Å². The quantitative estimate of drug-likeness (QED) is 0.171. The van der Waals surface area contributed by atoms with Crippen LogP contribution in [0.4, 0.5) is 15.8 Å². The average molecular weight is 410 g/mol. The van der Waals surface area contributed by atoms with E-state index >= 15 is 0 Å². The minimum atomic E-state index is -0.672. The molecule has 28 heavy (non-hydrogen) atoms. The topological polar surface area (TPSA) is 153 Å². The van der Waals surface area contributed by atoms with Crippen molar-refractivity contribution in [3.8, 4) is 5.88 Å². The summed E-state index contributed by atoms with van der Waals surface area (Å²) in [5.41, 5.74) is 6.47. The van der Waals surface area contributed by atoms with Crippen LogP contribution >= 0.6 is 11.6 Å². The molecule has 10 nitrogen and oxygen atoms in total. The molecular weight excluding hydrogens is 397 g/mol. The zero-order valence-electron chi connectivity index (χ0n) is 14.1. The lowest BCUT2D eigenvalue weighted by molar-refractivity contribution is 0.233. The molecule has 0 atom stereocenters. The van der Waals surface area contributed by atoms with Crippen molar-refractivity contribution in [2.75, 3.05) is 12.3 Å². The van der Waals surface area contributed by atoms with E-state index in [4.69, 9.17) is 22.1 Å². The number of benzene rings is 1. The Hall–Kier alpha value is -3.31. The first-order valence-electron chi connectivity index (χ1n) is 7.89. The molecule has 0 radical (unpaired) electrons. The third-order valence-corrected chi connectivity index (χ3v) is 4.08. The molecule has 2 aromatic carbocycles. The summed E-state index contributed by atoms with van der Waals surface area (Å²) < 4.78 is 23.2. The number of nitrogens with two attached hydrogens (primary N) is 1. The molecule has 0 saturated heterocycles. The second-order valence-electron chi connectivity index (χ2n) is 5.59. The van der Waals surface area contributed by atoms with Crippen molar-refractivity contribution in [1.82, 2.24) is 15.8 Å². The Bertz CT molecular complexity index is 1110. The van der Waals surface area contributed by atoms with Crippen LogP contribution < -0.4 is 26.8 Å². The monoisotopic (exact) mass is 409 g/mol. The van der Waals surface area contributed by atoms with Crippen LogP contribution in [0.2, 0.25) is 5.02 Å². The van der Waals surface area contributed by atoms with Gasteiger partial charge >= 0.3 is 0 Å². The number of anilines is 1. The molecule has 1 heterocycles. The Morgan fingerprint density at radius 1 is 1.36 bits per heavy atom. The Kier molecular flexibility index (Phi) is 5.66. The number of ether oxygens (including phenoxy) is 1. The minimum Gasteiger partial charge on any atom is -0.474 e. The molecule has 0 aliphatic rings. The maximum atomic E-state index is 13.2. The highest BCUT2D eigenvalue weighted by atomic mass is 35.5. The molecule has 0 unspecified atom stereocenters. The number of nitrogens with zero attached hydrogens (tertiary/aromatic N) is 3. The highest BCUT2D eigenvalue weighted by molar-refractivity contribution is 6.31. The lowest BCUT2D eigenvalue weighted by Gasteiger charge is -2.07. The standard InChI is InChI=1S/C16H13ClFN5O5/c17-9-6-7(3-4-10(9)18)20-15(21-26)12-16(23-28-22-12)27-5-1-2-8-11(19)14(25)13(8)24/h3-4,6,26H,1-2,5,19H2,(H,20,21). The van der Waals surface area contributed by atoms with E-state index in [2.05, 4.69) is 19.9 Å². The molecule has 3 rings (SSSR count). The predicted molar refractivity (Wildman–Crippen MR) is 96.4 cm³/mol. The van der Waals surface area contributed by atoms with E-state index in [-0.39, 0.29) is 52.4 Å². The molecule has 146 valence electrons. The summed E-state index contributed by atoms with van der Waals surface area (Å²) >= 11 is 5.70. The first kappa shape index (κ1) is 19.5. The van der Waals surface area contributed by atoms with Crippen LogP contribution in [0.1, 0.15) is 17.7 Å². The summed E-state index contributed by atoms with van der Waals surface area (Å²) in [6.07, 6.45) is 0.637. The molecule has 0 fully saturated rings. The van der Waals surface area contributed by atoms with E-state index in [0.717, 1.165) is 6.07 Å². The third-order valence-electron chi connectivity index (χ3n) is 3.79. The maximum Gasteiger partial charge on any atom is 0.287 e. The van der Waals surface area contributed by atoms with Gasteiger partial charge < -0.3 is 10.5 Å². The zero-order valence-corrected chi connectivity index (χ0v) is 14.9. The third kappa shape index (κ3) is 3.85. The van der Waals surface area contributed by atoms with Gasteiger partial charge in [0.2, 0.25) is 16.6 Å². The summed E-state index contributed by atoms with van der Waals surface area (Å²) in [5.74, 6) is -0.870. The molecule has 0 spiro atoms. The van der Waals surface area contributed by atoms with E-state index in [1.165, 1.54) is 12.1 Å². The highest BCUT2D eigenvalue weighted by Gasteiger charge is 2.20. The van der Waals surface area contributed by atoms with Crippen molar-refractivity contribution in [2.45, 2.75) is 12.8 Å².